The molecule has 0 aliphatic carbocycles. The molecule has 17 heavy (non-hydrogen) atoms. The van der Waals surface area contributed by atoms with E-state index in [0.717, 1.165) is 25.8 Å². The van der Waals surface area contributed by atoms with Crippen LogP contribution >= 0.6 is 0 Å². The van der Waals surface area contributed by atoms with Gasteiger partial charge in [0.15, 0.2) is 0 Å². The number of carbonyl (C=O) groups excluding carboxylic acids is 1. The number of hydrogen-bond donors (Lipinski definition) is 3. The third kappa shape index (κ3) is 2.58. The van der Waals surface area contributed by atoms with Gasteiger partial charge in [0.05, 0.1) is 12.1 Å². The topological polar surface area (TPSA) is 89.9 Å². The monoisotopic (exact) mass is 242 g/mol. The van der Waals surface area contributed by atoms with E-state index in [4.69, 9.17) is 5.11 Å². The van der Waals surface area contributed by atoms with Crippen LogP contribution in [0.2, 0.25) is 0 Å². The van der Waals surface area contributed by atoms with Crippen LogP contribution in [0.1, 0.15) is 25.7 Å². The lowest BCUT2D eigenvalue weighted by atomic mass is 10.0. The Balaban J connectivity index is 2.04. The zero-order valence-corrected chi connectivity index (χ0v) is 9.63. The minimum Gasteiger partial charge on any atom is -0.480 e. The van der Waals surface area contributed by atoms with Crippen molar-refractivity contribution in [2.24, 2.45) is 0 Å². The Labute approximate surface area is 99.6 Å². The largest absolute Gasteiger partial charge is 0.480 e. The highest BCUT2D eigenvalue weighted by atomic mass is 16.4. The van der Waals surface area contributed by atoms with E-state index in [1.807, 2.05) is 0 Å². The molecule has 2 aliphatic rings. The van der Waals surface area contributed by atoms with Crippen LogP contribution in [0.3, 0.4) is 0 Å². The molecule has 2 aliphatic heterocycles. The predicted molar refractivity (Wildman–Crippen MR) is 59.4 cm³/mol. The maximum Gasteiger partial charge on any atom is 0.326 e. The van der Waals surface area contributed by atoms with Crippen molar-refractivity contribution in [1.29, 1.82) is 0 Å². The summed E-state index contributed by atoms with van der Waals surface area (Å²) in [7, 11) is 0. The molecule has 0 saturated carbocycles. The molecule has 3 N–H and O–H groups in total. The molecule has 2 rings (SSSR count). The second kappa shape index (κ2) is 5.01. The van der Waals surface area contributed by atoms with Gasteiger partial charge in [-0.2, -0.15) is 0 Å². The number of β-amino-alcohol motifs (C(OH)–C–C–N with tert-alkyl or cyclic N) is 1. The Morgan fingerprint density at radius 1 is 1.29 bits per heavy atom. The van der Waals surface area contributed by atoms with Crippen molar-refractivity contribution in [3.05, 3.63) is 0 Å². The Morgan fingerprint density at radius 2 is 2.06 bits per heavy atom. The van der Waals surface area contributed by atoms with E-state index >= 15 is 0 Å². The summed E-state index contributed by atoms with van der Waals surface area (Å²) >= 11 is 0. The van der Waals surface area contributed by atoms with Crippen molar-refractivity contribution in [2.45, 2.75) is 43.9 Å². The van der Waals surface area contributed by atoms with Crippen LogP contribution in [0, 0.1) is 0 Å². The van der Waals surface area contributed by atoms with Gasteiger partial charge in [0.2, 0.25) is 5.91 Å². The van der Waals surface area contributed by atoms with E-state index in [2.05, 4.69) is 5.32 Å². The fraction of sp³-hybridized carbons (Fsp3) is 0.818. The maximum absolute atomic E-state index is 12.1. The lowest BCUT2D eigenvalue weighted by Crippen LogP contribution is -2.51. The number of aliphatic carboxylic acids is 1. The second-order valence-corrected chi connectivity index (χ2v) is 4.74. The van der Waals surface area contributed by atoms with Gasteiger partial charge in [-0.1, -0.05) is 6.42 Å². The maximum atomic E-state index is 12.1. The first kappa shape index (κ1) is 12.3. The fourth-order valence-corrected chi connectivity index (χ4v) is 2.55. The summed E-state index contributed by atoms with van der Waals surface area (Å²) in [4.78, 5) is 24.5. The summed E-state index contributed by atoms with van der Waals surface area (Å²) in [5.41, 5.74) is 0. The third-order valence-corrected chi connectivity index (χ3v) is 3.46. The fourth-order valence-electron chi connectivity index (χ4n) is 2.55. The Hall–Kier alpha value is -1.14. The predicted octanol–water partition coefficient (Wildman–Crippen LogP) is -0.825. The van der Waals surface area contributed by atoms with Gasteiger partial charge in [0, 0.05) is 13.0 Å². The molecule has 0 spiro atoms. The standard InChI is InChI=1S/C11H18N2O4/c14-7-5-9(11(16)17)13(6-7)10(15)8-3-1-2-4-12-8/h7-9,12,14H,1-6H2,(H,16,17)/t7?,8-,9?/m1/s1. The van der Waals surface area contributed by atoms with Gasteiger partial charge in [-0.05, 0) is 19.4 Å². The minimum absolute atomic E-state index is 0.133. The van der Waals surface area contributed by atoms with Gasteiger partial charge in [-0.25, -0.2) is 4.79 Å². The van der Waals surface area contributed by atoms with E-state index in [-0.39, 0.29) is 24.9 Å². The van der Waals surface area contributed by atoms with Crippen LogP contribution in [-0.2, 0) is 9.59 Å². The highest BCUT2D eigenvalue weighted by Gasteiger charge is 2.41. The average Bonchev–Trinajstić information content (AvgIpc) is 2.72. The van der Waals surface area contributed by atoms with Crippen LogP contribution < -0.4 is 5.32 Å². The number of nitrogens with zero attached hydrogens (tertiary/aromatic N) is 1. The van der Waals surface area contributed by atoms with Crippen molar-refractivity contribution in [1.82, 2.24) is 10.2 Å². The highest BCUT2D eigenvalue weighted by molar-refractivity contribution is 5.87. The first-order valence-corrected chi connectivity index (χ1v) is 6.04. The summed E-state index contributed by atoms with van der Waals surface area (Å²) in [5, 5.41) is 21.6. The minimum atomic E-state index is -1.04. The van der Waals surface area contributed by atoms with E-state index < -0.39 is 18.1 Å². The van der Waals surface area contributed by atoms with Crippen molar-refractivity contribution >= 4 is 11.9 Å². The van der Waals surface area contributed by atoms with Crippen LogP contribution in [0.5, 0.6) is 0 Å². The lowest BCUT2D eigenvalue weighted by Gasteiger charge is -2.29. The smallest absolute Gasteiger partial charge is 0.326 e. The zero-order valence-electron chi connectivity index (χ0n) is 9.63. The molecule has 3 atom stereocenters. The Bertz CT molecular complexity index is 315. The van der Waals surface area contributed by atoms with Crippen molar-refractivity contribution < 1.29 is 19.8 Å². The zero-order chi connectivity index (χ0) is 12.4. The van der Waals surface area contributed by atoms with E-state index in [1.54, 1.807) is 0 Å². The SMILES string of the molecule is O=C(O)C1CC(O)CN1C(=O)[C@H]1CCCCN1. The number of carboxylic acid groups (broad SMARTS) is 1. The number of hydrogen-bond acceptors (Lipinski definition) is 4. The van der Waals surface area contributed by atoms with Gasteiger partial charge in [-0.3, -0.25) is 4.79 Å². The summed E-state index contributed by atoms with van der Waals surface area (Å²) in [6.07, 6.45) is 2.20. The van der Waals surface area contributed by atoms with Gasteiger partial charge in [0.1, 0.15) is 6.04 Å². The van der Waals surface area contributed by atoms with Crippen molar-refractivity contribution in [3.8, 4) is 0 Å². The number of aliphatic hydroxyl groups excluding tert-OH is 1. The van der Waals surface area contributed by atoms with Gasteiger partial charge in [-0.15, -0.1) is 0 Å². The summed E-state index contributed by atoms with van der Waals surface area (Å²) in [5.74, 6) is -1.22. The van der Waals surface area contributed by atoms with Crippen molar-refractivity contribution in [3.63, 3.8) is 0 Å². The number of piperidine rings is 1. The molecule has 0 aromatic carbocycles. The lowest BCUT2D eigenvalue weighted by molar-refractivity contribution is -0.149. The highest BCUT2D eigenvalue weighted by Crippen LogP contribution is 2.21. The van der Waals surface area contributed by atoms with Crippen LogP contribution in [-0.4, -0.2) is 58.3 Å². The van der Waals surface area contributed by atoms with Gasteiger partial charge < -0.3 is 20.4 Å². The normalized spacial score (nSPS) is 33.7. The molecule has 2 heterocycles. The molecule has 96 valence electrons. The molecular weight excluding hydrogens is 224 g/mol. The number of rotatable bonds is 2. The number of carboxylic acids is 1. The molecule has 0 aromatic heterocycles. The first-order valence-electron chi connectivity index (χ1n) is 6.04. The molecule has 1 amide bonds. The molecule has 6 nitrogen and oxygen atoms in total. The molecule has 0 aromatic rings. The number of aliphatic hydroxyl groups is 1. The van der Waals surface area contributed by atoms with E-state index in [9.17, 15) is 14.7 Å². The molecule has 2 unspecified atom stereocenters. The molecule has 0 bridgehead atoms. The summed E-state index contributed by atoms with van der Waals surface area (Å²) in [6, 6.07) is -1.16. The van der Waals surface area contributed by atoms with Gasteiger partial charge in [0.25, 0.3) is 0 Å². The number of carbonyl (C=O) groups is 2. The quantitative estimate of drug-likeness (QED) is 0.588. The molecule has 2 saturated heterocycles. The molecule has 6 heteroatoms. The Kier molecular flexibility index (Phi) is 3.63. The third-order valence-electron chi connectivity index (χ3n) is 3.46. The van der Waals surface area contributed by atoms with E-state index in [1.165, 1.54) is 4.90 Å². The first-order chi connectivity index (χ1) is 8.09. The molecule has 2 fully saturated rings. The number of likely N-dealkylation sites (tertiary alicyclic amines) is 1. The number of amides is 1. The van der Waals surface area contributed by atoms with Crippen LogP contribution in [0.4, 0.5) is 0 Å². The molecule has 0 radical (unpaired) electrons. The van der Waals surface area contributed by atoms with Gasteiger partial charge >= 0.3 is 5.97 Å². The van der Waals surface area contributed by atoms with Crippen LogP contribution in [0.25, 0.3) is 0 Å². The number of nitrogens with one attached hydrogen (secondary N) is 1. The second-order valence-electron chi connectivity index (χ2n) is 4.74. The molecular formula is C11H18N2O4. The average molecular weight is 242 g/mol. The van der Waals surface area contributed by atoms with Crippen LogP contribution in [0.15, 0.2) is 0 Å². The summed E-state index contributed by atoms with van der Waals surface area (Å²) in [6.45, 7) is 0.929. The van der Waals surface area contributed by atoms with E-state index in [0.29, 0.717) is 0 Å². The Morgan fingerprint density at radius 3 is 2.65 bits per heavy atom. The summed E-state index contributed by atoms with van der Waals surface area (Å²) < 4.78 is 0. The van der Waals surface area contributed by atoms with Crippen molar-refractivity contribution in [2.75, 3.05) is 13.1 Å².